The van der Waals surface area contributed by atoms with Crippen LogP contribution in [0.3, 0.4) is 0 Å². The second-order valence-corrected chi connectivity index (χ2v) is 7.88. The molecule has 18 heavy (non-hydrogen) atoms. The fourth-order valence-electron chi connectivity index (χ4n) is 4.33. The van der Waals surface area contributed by atoms with E-state index in [9.17, 15) is 5.11 Å². The van der Waals surface area contributed by atoms with E-state index < -0.39 is 5.60 Å². The molecule has 2 rings (SSSR count). The van der Waals surface area contributed by atoms with Gasteiger partial charge in [-0.15, -0.1) is 0 Å². The van der Waals surface area contributed by atoms with Gasteiger partial charge in [0.15, 0.2) is 0 Å². The third-order valence-electron chi connectivity index (χ3n) is 5.90. The van der Waals surface area contributed by atoms with Crippen LogP contribution in [0, 0.1) is 16.7 Å². The Hall–Kier alpha value is -0.0800. The highest BCUT2D eigenvalue weighted by Gasteiger charge is 2.52. The van der Waals surface area contributed by atoms with Gasteiger partial charge in [0.25, 0.3) is 0 Å². The molecule has 0 bridgehead atoms. The second-order valence-electron chi connectivity index (χ2n) is 7.88. The molecule has 3 N–H and O–H groups in total. The minimum absolute atomic E-state index is 0.00116. The minimum Gasteiger partial charge on any atom is -0.389 e. The van der Waals surface area contributed by atoms with Crippen molar-refractivity contribution in [2.24, 2.45) is 22.5 Å². The summed E-state index contributed by atoms with van der Waals surface area (Å²) in [5.41, 5.74) is 6.04. The van der Waals surface area contributed by atoms with Gasteiger partial charge < -0.3 is 10.8 Å². The van der Waals surface area contributed by atoms with Crippen LogP contribution in [0.4, 0.5) is 0 Å². The summed E-state index contributed by atoms with van der Waals surface area (Å²) in [6, 6.07) is 0. The van der Waals surface area contributed by atoms with Crippen LogP contribution in [0.15, 0.2) is 0 Å². The first-order valence-corrected chi connectivity index (χ1v) is 7.75. The molecule has 2 fully saturated rings. The van der Waals surface area contributed by atoms with Crippen LogP contribution >= 0.6 is 0 Å². The predicted molar refractivity (Wildman–Crippen MR) is 76.3 cm³/mol. The van der Waals surface area contributed by atoms with E-state index in [1.165, 1.54) is 12.8 Å². The molecule has 0 radical (unpaired) electrons. The van der Waals surface area contributed by atoms with Crippen LogP contribution in [0.5, 0.6) is 0 Å². The Kier molecular flexibility index (Phi) is 3.81. The Morgan fingerprint density at radius 1 is 1.11 bits per heavy atom. The van der Waals surface area contributed by atoms with E-state index in [2.05, 4.69) is 20.8 Å². The molecule has 2 saturated carbocycles. The highest BCUT2D eigenvalue weighted by atomic mass is 16.3. The van der Waals surface area contributed by atoms with E-state index in [0.717, 1.165) is 44.4 Å². The van der Waals surface area contributed by atoms with Crippen LogP contribution in [0.2, 0.25) is 0 Å². The van der Waals surface area contributed by atoms with Gasteiger partial charge >= 0.3 is 0 Å². The molecule has 2 atom stereocenters. The Morgan fingerprint density at radius 3 is 2.22 bits per heavy atom. The van der Waals surface area contributed by atoms with Gasteiger partial charge in [0.1, 0.15) is 0 Å². The molecular weight excluding hydrogens is 222 g/mol. The average Bonchev–Trinajstić information content (AvgIpc) is 2.33. The Labute approximate surface area is 112 Å². The summed E-state index contributed by atoms with van der Waals surface area (Å²) in [6.07, 6.45) is 8.98. The van der Waals surface area contributed by atoms with Crippen LogP contribution in [0.1, 0.15) is 72.1 Å². The van der Waals surface area contributed by atoms with Gasteiger partial charge in [0.2, 0.25) is 0 Å². The van der Waals surface area contributed by atoms with Crippen LogP contribution in [-0.2, 0) is 0 Å². The summed E-state index contributed by atoms with van der Waals surface area (Å²) >= 11 is 0. The van der Waals surface area contributed by atoms with Gasteiger partial charge in [-0.25, -0.2) is 0 Å². The van der Waals surface area contributed by atoms with E-state index in [-0.39, 0.29) is 5.41 Å². The van der Waals surface area contributed by atoms with E-state index >= 15 is 0 Å². The van der Waals surface area contributed by atoms with Crippen molar-refractivity contribution in [3.8, 4) is 0 Å². The molecule has 2 heteroatoms. The van der Waals surface area contributed by atoms with Gasteiger partial charge in [-0.2, -0.15) is 0 Å². The molecule has 0 saturated heterocycles. The van der Waals surface area contributed by atoms with Crippen LogP contribution < -0.4 is 5.73 Å². The third kappa shape index (κ3) is 2.46. The van der Waals surface area contributed by atoms with Gasteiger partial charge in [0.05, 0.1) is 5.60 Å². The molecule has 0 aromatic heterocycles. The van der Waals surface area contributed by atoms with Crippen LogP contribution in [0.25, 0.3) is 0 Å². The maximum Gasteiger partial charge on any atom is 0.0716 e. The molecule has 2 aliphatic rings. The summed E-state index contributed by atoms with van der Waals surface area (Å²) < 4.78 is 0. The summed E-state index contributed by atoms with van der Waals surface area (Å²) in [5.74, 6) is 0.723. The number of aliphatic hydroxyl groups is 1. The second kappa shape index (κ2) is 4.79. The Bertz CT molecular complexity index is 289. The van der Waals surface area contributed by atoms with Crippen molar-refractivity contribution in [3.05, 3.63) is 0 Å². The van der Waals surface area contributed by atoms with E-state index in [1.807, 2.05) is 0 Å². The standard InChI is InChI=1S/C16H31NO/c1-13-5-4-6-15(11-13,12-17)16(18)9-7-14(2,3)8-10-16/h13,18H,4-12,17H2,1-3H3. The zero-order chi connectivity index (χ0) is 13.4. The number of hydrogen-bond donors (Lipinski definition) is 2. The normalized spacial score (nSPS) is 39.5. The fourth-order valence-corrected chi connectivity index (χ4v) is 4.33. The number of hydrogen-bond acceptors (Lipinski definition) is 2. The molecule has 0 aliphatic heterocycles. The molecule has 0 spiro atoms. The maximum absolute atomic E-state index is 11.2. The van der Waals surface area contributed by atoms with E-state index in [1.54, 1.807) is 0 Å². The highest BCUT2D eigenvalue weighted by Crippen LogP contribution is 2.54. The van der Waals surface area contributed by atoms with Gasteiger partial charge in [-0.05, 0) is 49.9 Å². The van der Waals surface area contributed by atoms with Crippen LogP contribution in [-0.4, -0.2) is 17.3 Å². The lowest BCUT2D eigenvalue weighted by Gasteiger charge is -2.54. The lowest BCUT2D eigenvalue weighted by molar-refractivity contribution is -0.142. The molecular formula is C16H31NO. The van der Waals surface area contributed by atoms with Crippen molar-refractivity contribution in [2.45, 2.75) is 77.7 Å². The fraction of sp³-hybridized carbons (Fsp3) is 1.00. The van der Waals surface area contributed by atoms with Crippen molar-refractivity contribution < 1.29 is 5.11 Å². The highest BCUT2D eigenvalue weighted by molar-refractivity contribution is 5.05. The Balaban J connectivity index is 2.16. The van der Waals surface area contributed by atoms with Crippen molar-refractivity contribution >= 4 is 0 Å². The molecule has 0 amide bonds. The first kappa shape index (κ1) is 14.3. The molecule has 2 nitrogen and oxygen atoms in total. The first-order valence-electron chi connectivity index (χ1n) is 7.75. The predicted octanol–water partition coefficient (Wildman–Crippen LogP) is 3.47. The summed E-state index contributed by atoms with van der Waals surface area (Å²) in [4.78, 5) is 0. The topological polar surface area (TPSA) is 46.2 Å². The zero-order valence-electron chi connectivity index (χ0n) is 12.5. The van der Waals surface area contributed by atoms with Crippen molar-refractivity contribution in [2.75, 3.05) is 6.54 Å². The van der Waals surface area contributed by atoms with Gasteiger partial charge in [0, 0.05) is 12.0 Å². The summed E-state index contributed by atoms with van der Waals surface area (Å²) in [7, 11) is 0. The molecule has 0 aromatic rings. The number of nitrogens with two attached hydrogens (primary N) is 1. The maximum atomic E-state index is 11.2. The first-order chi connectivity index (χ1) is 8.33. The Morgan fingerprint density at radius 2 is 1.72 bits per heavy atom. The van der Waals surface area contributed by atoms with Crippen molar-refractivity contribution in [3.63, 3.8) is 0 Å². The van der Waals surface area contributed by atoms with Crippen molar-refractivity contribution in [1.82, 2.24) is 0 Å². The molecule has 0 aromatic carbocycles. The van der Waals surface area contributed by atoms with E-state index in [0.29, 0.717) is 12.0 Å². The average molecular weight is 253 g/mol. The molecule has 2 unspecified atom stereocenters. The molecule has 2 aliphatic carbocycles. The van der Waals surface area contributed by atoms with Crippen molar-refractivity contribution in [1.29, 1.82) is 0 Å². The van der Waals surface area contributed by atoms with Gasteiger partial charge in [-0.3, -0.25) is 0 Å². The lowest BCUT2D eigenvalue weighted by Crippen LogP contribution is -2.56. The third-order valence-corrected chi connectivity index (χ3v) is 5.90. The summed E-state index contributed by atoms with van der Waals surface area (Å²) in [5, 5.41) is 11.2. The molecule has 106 valence electrons. The molecule has 0 heterocycles. The summed E-state index contributed by atoms with van der Waals surface area (Å²) in [6.45, 7) is 7.63. The monoisotopic (exact) mass is 253 g/mol. The number of rotatable bonds is 2. The SMILES string of the molecule is CC1CCCC(CN)(C2(O)CCC(C)(C)CC2)C1. The minimum atomic E-state index is -0.494. The zero-order valence-corrected chi connectivity index (χ0v) is 12.5. The smallest absolute Gasteiger partial charge is 0.0716 e. The van der Waals surface area contributed by atoms with Gasteiger partial charge in [-0.1, -0.05) is 33.6 Å². The lowest BCUT2D eigenvalue weighted by atomic mass is 9.54. The quantitative estimate of drug-likeness (QED) is 0.791. The largest absolute Gasteiger partial charge is 0.389 e. The van der Waals surface area contributed by atoms with E-state index in [4.69, 9.17) is 5.73 Å².